The Morgan fingerprint density at radius 1 is 1.10 bits per heavy atom. The van der Waals surface area contributed by atoms with Gasteiger partial charge in [0.1, 0.15) is 0 Å². The van der Waals surface area contributed by atoms with Crippen molar-refractivity contribution in [1.82, 2.24) is 4.90 Å². The van der Waals surface area contributed by atoms with E-state index in [0.717, 1.165) is 6.54 Å². The lowest BCUT2D eigenvalue weighted by Gasteiger charge is -2.21. The van der Waals surface area contributed by atoms with Crippen LogP contribution >= 0.6 is 11.6 Å². The number of amides is 1. The smallest absolute Gasteiger partial charge is 0.254 e. The zero-order valence-corrected chi connectivity index (χ0v) is 12.7. The summed E-state index contributed by atoms with van der Waals surface area (Å²) in [7, 11) is 2.06. The Balaban J connectivity index is 1.89. The van der Waals surface area contributed by atoms with Crippen LogP contribution in [-0.4, -0.2) is 30.9 Å². The second-order valence-electron chi connectivity index (χ2n) is 5.29. The van der Waals surface area contributed by atoms with E-state index in [1.165, 1.54) is 11.3 Å². The number of nitrogens with zero attached hydrogens (tertiary/aromatic N) is 2. The molecule has 3 nitrogen and oxygen atoms in total. The van der Waals surface area contributed by atoms with E-state index in [2.05, 4.69) is 24.1 Å². The van der Waals surface area contributed by atoms with Crippen molar-refractivity contribution < 1.29 is 4.79 Å². The Labute approximate surface area is 129 Å². The fraction of sp³-hybridized carbons (Fsp3) is 0.235. The van der Waals surface area contributed by atoms with Crippen LogP contribution in [0.3, 0.4) is 0 Å². The first-order valence-corrected chi connectivity index (χ1v) is 7.37. The van der Waals surface area contributed by atoms with Gasteiger partial charge in [0, 0.05) is 43.0 Å². The molecule has 1 heterocycles. The van der Waals surface area contributed by atoms with Crippen molar-refractivity contribution in [2.75, 3.05) is 25.0 Å². The SMILES string of the molecule is CN1CCN(C(=O)c2cccc(Cl)c2)Cc2ccccc21. The van der Waals surface area contributed by atoms with Crippen molar-refractivity contribution in [2.24, 2.45) is 0 Å². The number of likely N-dealkylation sites (N-methyl/N-ethyl adjacent to an activating group) is 1. The number of carbonyl (C=O) groups is 1. The second-order valence-corrected chi connectivity index (χ2v) is 5.72. The summed E-state index contributed by atoms with van der Waals surface area (Å²) in [6.45, 7) is 2.16. The summed E-state index contributed by atoms with van der Waals surface area (Å²) in [6.07, 6.45) is 0. The molecule has 0 saturated heterocycles. The topological polar surface area (TPSA) is 23.6 Å². The van der Waals surface area contributed by atoms with E-state index in [0.29, 0.717) is 23.7 Å². The second kappa shape index (κ2) is 5.78. The summed E-state index contributed by atoms with van der Waals surface area (Å²) in [5.41, 5.74) is 3.01. The molecular formula is C17H17ClN2O. The van der Waals surface area contributed by atoms with Crippen LogP contribution in [0.4, 0.5) is 5.69 Å². The zero-order valence-electron chi connectivity index (χ0n) is 11.9. The average Bonchev–Trinajstić information content (AvgIpc) is 2.66. The fourth-order valence-electron chi connectivity index (χ4n) is 2.67. The standard InChI is InChI=1S/C17H17ClN2O/c1-19-9-10-20(12-14-5-2-3-8-16(14)19)17(21)13-6-4-7-15(18)11-13/h2-8,11H,9-10,12H2,1H3. The van der Waals surface area contributed by atoms with E-state index in [-0.39, 0.29) is 5.91 Å². The molecule has 4 heteroatoms. The van der Waals surface area contributed by atoms with Gasteiger partial charge in [0.25, 0.3) is 5.91 Å². The molecular weight excluding hydrogens is 284 g/mol. The van der Waals surface area contributed by atoms with Crippen molar-refractivity contribution in [2.45, 2.75) is 6.54 Å². The number of hydrogen-bond acceptors (Lipinski definition) is 2. The van der Waals surface area contributed by atoms with Crippen molar-refractivity contribution in [3.63, 3.8) is 0 Å². The molecule has 0 spiro atoms. The van der Waals surface area contributed by atoms with E-state index in [1.807, 2.05) is 29.2 Å². The van der Waals surface area contributed by atoms with Gasteiger partial charge in [-0.25, -0.2) is 0 Å². The van der Waals surface area contributed by atoms with Gasteiger partial charge in [-0.3, -0.25) is 4.79 Å². The summed E-state index contributed by atoms with van der Waals surface area (Å²) in [4.78, 5) is 16.7. The van der Waals surface area contributed by atoms with Crippen molar-refractivity contribution in [3.8, 4) is 0 Å². The number of anilines is 1. The third kappa shape index (κ3) is 2.88. The maximum Gasteiger partial charge on any atom is 0.254 e. The third-order valence-corrected chi connectivity index (χ3v) is 4.06. The number of para-hydroxylation sites is 1. The monoisotopic (exact) mass is 300 g/mol. The predicted octanol–water partition coefficient (Wildman–Crippen LogP) is 3.43. The first-order valence-electron chi connectivity index (χ1n) is 6.99. The van der Waals surface area contributed by atoms with Crippen molar-refractivity contribution >= 4 is 23.2 Å². The van der Waals surface area contributed by atoms with Crippen LogP contribution in [0.1, 0.15) is 15.9 Å². The molecule has 21 heavy (non-hydrogen) atoms. The van der Waals surface area contributed by atoms with Crippen LogP contribution in [0.2, 0.25) is 5.02 Å². The number of fused-ring (bicyclic) bond motifs is 1. The molecule has 0 saturated carbocycles. The van der Waals surface area contributed by atoms with Crippen LogP contribution in [0, 0.1) is 0 Å². The summed E-state index contributed by atoms with van der Waals surface area (Å²) in [6, 6.07) is 15.4. The van der Waals surface area contributed by atoms with Crippen LogP contribution in [0.5, 0.6) is 0 Å². The molecule has 1 amide bonds. The van der Waals surface area contributed by atoms with Crippen LogP contribution in [0.25, 0.3) is 0 Å². The highest BCUT2D eigenvalue weighted by Gasteiger charge is 2.22. The van der Waals surface area contributed by atoms with Gasteiger partial charge < -0.3 is 9.80 Å². The molecule has 3 rings (SSSR count). The maximum absolute atomic E-state index is 12.7. The highest BCUT2D eigenvalue weighted by atomic mass is 35.5. The van der Waals surface area contributed by atoms with E-state index in [9.17, 15) is 4.79 Å². The lowest BCUT2D eigenvalue weighted by molar-refractivity contribution is 0.0752. The normalized spacial score (nSPS) is 14.6. The lowest BCUT2D eigenvalue weighted by Crippen LogP contribution is -2.34. The minimum absolute atomic E-state index is 0.0302. The highest BCUT2D eigenvalue weighted by Crippen LogP contribution is 2.24. The van der Waals surface area contributed by atoms with Gasteiger partial charge in [-0.1, -0.05) is 35.9 Å². The van der Waals surface area contributed by atoms with E-state index in [1.54, 1.807) is 12.1 Å². The van der Waals surface area contributed by atoms with Gasteiger partial charge in [0.05, 0.1) is 0 Å². The largest absolute Gasteiger partial charge is 0.373 e. The van der Waals surface area contributed by atoms with Gasteiger partial charge in [-0.15, -0.1) is 0 Å². The lowest BCUT2D eigenvalue weighted by atomic mass is 10.1. The third-order valence-electron chi connectivity index (χ3n) is 3.83. The molecule has 0 bridgehead atoms. The first-order chi connectivity index (χ1) is 10.1. The van der Waals surface area contributed by atoms with Gasteiger partial charge in [-0.2, -0.15) is 0 Å². The molecule has 0 fully saturated rings. The summed E-state index contributed by atoms with van der Waals surface area (Å²) in [5, 5.41) is 0.591. The summed E-state index contributed by atoms with van der Waals surface area (Å²) < 4.78 is 0. The number of benzene rings is 2. The Hall–Kier alpha value is -2.00. The van der Waals surface area contributed by atoms with Crippen LogP contribution in [-0.2, 0) is 6.54 Å². The van der Waals surface area contributed by atoms with E-state index < -0.39 is 0 Å². The molecule has 0 N–H and O–H groups in total. The van der Waals surface area contributed by atoms with Crippen molar-refractivity contribution in [1.29, 1.82) is 0 Å². The highest BCUT2D eigenvalue weighted by molar-refractivity contribution is 6.30. The molecule has 0 aliphatic carbocycles. The summed E-state index contributed by atoms with van der Waals surface area (Å²) >= 11 is 5.99. The fourth-order valence-corrected chi connectivity index (χ4v) is 2.86. The molecule has 0 atom stereocenters. The molecule has 0 aromatic heterocycles. The minimum Gasteiger partial charge on any atom is -0.373 e. The molecule has 0 unspecified atom stereocenters. The predicted molar refractivity (Wildman–Crippen MR) is 85.9 cm³/mol. The zero-order chi connectivity index (χ0) is 14.8. The van der Waals surface area contributed by atoms with Gasteiger partial charge in [0.2, 0.25) is 0 Å². The van der Waals surface area contributed by atoms with Gasteiger partial charge in [-0.05, 0) is 29.8 Å². The van der Waals surface area contributed by atoms with Crippen LogP contribution < -0.4 is 4.90 Å². The molecule has 108 valence electrons. The van der Waals surface area contributed by atoms with Gasteiger partial charge >= 0.3 is 0 Å². The Morgan fingerprint density at radius 2 is 1.90 bits per heavy atom. The molecule has 2 aromatic rings. The van der Waals surface area contributed by atoms with Crippen molar-refractivity contribution in [3.05, 3.63) is 64.7 Å². The summed E-state index contributed by atoms with van der Waals surface area (Å²) in [5.74, 6) is 0.0302. The Morgan fingerprint density at radius 3 is 2.71 bits per heavy atom. The molecule has 1 aliphatic rings. The number of carbonyl (C=O) groups excluding carboxylic acids is 1. The minimum atomic E-state index is 0.0302. The van der Waals surface area contributed by atoms with Gasteiger partial charge in [0.15, 0.2) is 0 Å². The Kier molecular flexibility index (Phi) is 3.84. The van der Waals surface area contributed by atoms with Crippen LogP contribution in [0.15, 0.2) is 48.5 Å². The molecule has 0 radical (unpaired) electrons. The molecule has 1 aliphatic heterocycles. The molecule has 2 aromatic carbocycles. The van der Waals surface area contributed by atoms with E-state index in [4.69, 9.17) is 11.6 Å². The maximum atomic E-state index is 12.7. The Bertz CT molecular complexity index is 671. The number of rotatable bonds is 1. The quantitative estimate of drug-likeness (QED) is 0.805. The number of halogens is 1. The number of hydrogen-bond donors (Lipinski definition) is 0. The average molecular weight is 301 g/mol. The van der Waals surface area contributed by atoms with E-state index >= 15 is 0 Å². The first kappa shape index (κ1) is 14.0.